The Balaban J connectivity index is 1.93. The zero-order chi connectivity index (χ0) is 17.0. The van der Waals surface area contributed by atoms with Crippen LogP contribution in [-0.4, -0.2) is 41.0 Å². The Kier molecular flexibility index (Phi) is 5.20. The fourth-order valence-electron chi connectivity index (χ4n) is 2.70. The van der Waals surface area contributed by atoms with Gasteiger partial charge in [-0.25, -0.2) is 4.79 Å². The van der Waals surface area contributed by atoms with Crippen molar-refractivity contribution in [3.8, 4) is 0 Å². The van der Waals surface area contributed by atoms with Crippen molar-refractivity contribution < 1.29 is 19.5 Å². The van der Waals surface area contributed by atoms with Gasteiger partial charge in [-0.15, -0.1) is 0 Å². The molecule has 0 bridgehead atoms. The lowest BCUT2D eigenvalue weighted by Crippen LogP contribution is -2.49. The van der Waals surface area contributed by atoms with Gasteiger partial charge in [-0.2, -0.15) is 0 Å². The Morgan fingerprint density at radius 1 is 1.39 bits per heavy atom. The molecule has 0 radical (unpaired) electrons. The maximum atomic E-state index is 12.2. The van der Waals surface area contributed by atoms with Crippen LogP contribution in [0.25, 0.3) is 0 Å². The van der Waals surface area contributed by atoms with E-state index in [-0.39, 0.29) is 25.0 Å². The number of piperidine rings is 1. The van der Waals surface area contributed by atoms with E-state index < -0.39 is 17.8 Å². The summed E-state index contributed by atoms with van der Waals surface area (Å²) in [6.45, 7) is 2.90. The summed E-state index contributed by atoms with van der Waals surface area (Å²) in [5.41, 5.74) is 6.36. The first kappa shape index (κ1) is 16.8. The SMILES string of the molecule is CC1CCN(C(=O)NCc2cccc(C(N)=O)c2)CC1C(=O)O. The Hall–Kier alpha value is -2.57. The van der Waals surface area contributed by atoms with Crippen molar-refractivity contribution in [2.45, 2.75) is 19.9 Å². The number of amides is 3. The number of hydrogen-bond donors (Lipinski definition) is 3. The van der Waals surface area contributed by atoms with Crippen molar-refractivity contribution in [2.75, 3.05) is 13.1 Å². The highest BCUT2D eigenvalue weighted by atomic mass is 16.4. The highest BCUT2D eigenvalue weighted by molar-refractivity contribution is 5.92. The molecule has 1 aromatic carbocycles. The van der Waals surface area contributed by atoms with E-state index in [4.69, 9.17) is 5.73 Å². The van der Waals surface area contributed by atoms with Gasteiger partial charge in [-0.3, -0.25) is 9.59 Å². The Morgan fingerprint density at radius 2 is 2.13 bits per heavy atom. The molecule has 7 heteroatoms. The lowest BCUT2D eigenvalue weighted by molar-refractivity contribution is -0.145. The number of benzene rings is 1. The number of nitrogens with zero attached hydrogens (tertiary/aromatic N) is 1. The highest BCUT2D eigenvalue weighted by Gasteiger charge is 2.33. The molecule has 2 rings (SSSR count). The molecule has 0 saturated carbocycles. The number of hydrogen-bond acceptors (Lipinski definition) is 3. The van der Waals surface area contributed by atoms with Crippen LogP contribution >= 0.6 is 0 Å². The van der Waals surface area contributed by atoms with Crippen molar-refractivity contribution in [3.05, 3.63) is 35.4 Å². The fraction of sp³-hybridized carbons (Fsp3) is 0.438. The van der Waals surface area contributed by atoms with Gasteiger partial charge in [0.05, 0.1) is 5.92 Å². The van der Waals surface area contributed by atoms with Crippen molar-refractivity contribution in [3.63, 3.8) is 0 Å². The zero-order valence-electron chi connectivity index (χ0n) is 13.0. The average molecular weight is 319 g/mol. The standard InChI is InChI=1S/C16H21N3O4/c1-10-5-6-19(9-13(10)15(21)22)16(23)18-8-11-3-2-4-12(7-11)14(17)20/h2-4,7,10,13H,5-6,8-9H2,1H3,(H2,17,20)(H,18,23)(H,21,22). The van der Waals surface area contributed by atoms with Gasteiger partial charge in [0, 0.05) is 25.2 Å². The predicted octanol–water partition coefficient (Wildman–Crippen LogP) is 1.04. The summed E-state index contributed by atoms with van der Waals surface area (Å²) in [4.78, 5) is 36.1. The number of rotatable bonds is 4. The van der Waals surface area contributed by atoms with E-state index in [9.17, 15) is 19.5 Å². The number of carboxylic acid groups (broad SMARTS) is 1. The summed E-state index contributed by atoms with van der Waals surface area (Å²) in [5.74, 6) is -1.87. The minimum atomic E-state index is -0.871. The molecule has 3 amide bonds. The van der Waals surface area contributed by atoms with E-state index in [1.165, 1.54) is 4.90 Å². The minimum Gasteiger partial charge on any atom is -0.481 e. The fourth-order valence-corrected chi connectivity index (χ4v) is 2.70. The highest BCUT2D eigenvalue weighted by Crippen LogP contribution is 2.23. The normalized spacial score (nSPS) is 20.8. The van der Waals surface area contributed by atoms with Gasteiger partial charge in [-0.1, -0.05) is 19.1 Å². The number of carbonyl (C=O) groups excluding carboxylic acids is 2. The van der Waals surface area contributed by atoms with Gasteiger partial charge in [0.1, 0.15) is 0 Å². The number of carboxylic acids is 1. The van der Waals surface area contributed by atoms with Gasteiger partial charge in [-0.05, 0) is 30.0 Å². The minimum absolute atomic E-state index is 0.0591. The third kappa shape index (κ3) is 4.21. The number of aliphatic carboxylic acids is 1. The number of nitrogens with one attached hydrogen (secondary N) is 1. The first-order chi connectivity index (χ1) is 10.9. The summed E-state index contributed by atoms with van der Waals surface area (Å²) in [6.07, 6.45) is 0.668. The molecule has 2 atom stereocenters. The summed E-state index contributed by atoms with van der Waals surface area (Å²) in [7, 11) is 0. The molecule has 23 heavy (non-hydrogen) atoms. The van der Waals surface area contributed by atoms with Gasteiger partial charge in [0.2, 0.25) is 5.91 Å². The Morgan fingerprint density at radius 3 is 2.78 bits per heavy atom. The van der Waals surface area contributed by atoms with Crippen LogP contribution in [0.2, 0.25) is 0 Å². The summed E-state index contributed by atoms with van der Waals surface area (Å²) in [5, 5.41) is 11.9. The van der Waals surface area contributed by atoms with Gasteiger partial charge in [0.15, 0.2) is 0 Å². The van der Waals surface area contributed by atoms with E-state index in [1.807, 2.05) is 6.92 Å². The number of likely N-dealkylation sites (tertiary alicyclic amines) is 1. The van der Waals surface area contributed by atoms with Crippen LogP contribution in [0.3, 0.4) is 0 Å². The summed E-state index contributed by atoms with van der Waals surface area (Å²) >= 11 is 0. The van der Waals surface area contributed by atoms with E-state index in [2.05, 4.69) is 5.32 Å². The smallest absolute Gasteiger partial charge is 0.317 e. The van der Waals surface area contributed by atoms with Gasteiger partial charge in [0.25, 0.3) is 0 Å². The Bertz CT molecular complexity index is 617. The number of carbonyl (C=O) groups is 3. The lowest BCUT2D eigenvalue weighted by Gasteiger charge is -2.34. The number of nitrogens with two attached hydrogens (primary N) is 1. The molecule has 7 nitrogen and oxygen atoms in total. The molecule has 1 aromatic rings. The van der Waals surface area contributed by atoms with Crippen molar-refractivity contribution in [2.24, 2.45) is 17.6 Å². The van der Waals surface area contributed by atoms with E-state index in [0.717, 1.165) is 5.56 Å². The molecular formula is C16H21N3O4. The first-order valence-corrected chi connectivity index (χ1v) is 7.53. The largest absolute Gasteiger partial charge is 0.481 e. The third-order valence-corrected chi connectivity index (χ3v) is 4.22. The molecule has 0 spiro atoms. The second-order valence-electron chi connectivity index (χ2n) is 5.88. The molecule has 0 aromatic heterocycles. The molecule has 1 aliphatic heterocycles. The maximum absolute atomic E-state index is 12.2. The van der Waals surface area contributed by atoms with Crippen molar-refractivity contribution in [1.82, 2.24) is 10.2 Å². The molecule has 0 aliphatic carbocycles. The molecule has 1 aliphatic rings. The van der Waals surface area contributed by atoms with Crippen molar-refractivity contribution >= 4 is 17.9 Å². The molecule has 4 N–H and O–H groups in total. The van der Waals surface area contributed by atoms with E-state index >= 15 is 0 Å². The summed E-state index contributed by atoms with van der Waals surface area (Å²) in [6, 6.07) is 6.42. The second-order valence-corrected chi connectivity index (χ2v) is 5.88. The maximum Gasteiger partial charge on any atom is 0.317 e. The summed E-state index contributed by atoms with van der Waals surface area (Å²) < 4.78 is 0. The topological polar surface area (TPSA) is 113 Å². The molecule has 1 saturated heterocycles. The third-order valence-electron chi connectivity index (χ3n) is 4.22. The lowest BCUT2D eigenvalue weighted by atomic mass is 9.87. The van der Waals surface area contributed by atoms with Crippen LogP contribution in [0.4, 0.5) is 4.79 Å². The van der Waals surface area contributed by atoms with Crippen molar-refractivity contribution in [1.29, 1.82) is 0 Å². The average Bonchev–Trinajstić information content (AvgIpc) is 2.53. The van der Waals surface area contributed by atoms with Crippen LogP contribution < -0.4 is 11.1 Å². The van der Waals surface area contributed by atoms with Crippen LogP contribution in [0.1, 0.15) is 29.3 Å². The van der Waals surface area contributed by atoms with Gasteiger partial charge < -0.3 is 21.1 Å². The first-order valence-electron chi connectivity index (χ1n) is 7.53. The zero-order valence-corrected chi connectivity index (χ0v) is 13.0. The van der Waals surface area contributed by atoms with Gasteiger partial charge >= 0.3 is 12.0 Å². The molecule has 2 unspecified atom stereocenters. The monoisotopic (exact) mass is 319 g/mol. The molecule has 1 heterocycles. The number of primary amides is 1. The quantitative estimate of drug-likeness (QED) is 0.769. The van der Waals surface area contributed by atoms with Crippen LogP contribution in [-0.2, 0) is 11.3 Å². The van der Waals surface area contributed by atoms with Crippen LogP contribution in [0.15, 0.2) is 24.3 Å². The van der Waals surface area contributed by atoms with Crippen LogP contribution in [0, 0.1) is 11.8 Å². The molecular weight excluding hydrogens is 298 g/mol. The number of urea groups is 1. The van der Waals surface area contributed by atoms with E-state index in [1.54, 1.807) is 24.3 Å². The van der Waals surface area contributed by atoms with E-state index in [0.29, 0.717) is 18.5 Å². The molecule has 1 fully saturated rings. The van der Waals surface area contributed by atoms with Crippen LogP contribution in [0.5, 0.6) is 0 Å². The second kappa shape index (κ2) is 7.13. The molecule has 124 valence electrons. The Labute approximate surface area is 134 Å². The predicted molar refractivity (Wildman–Crippen MR) is 83.7 cm³/mol.